The van der Waals surface area contributed by atoms with Crippen molar-refractivity contribution in [1.29, 1.82) is 0 Å². The number of piperazine rings is 1. The second-order valence-corrected chi connectivity index (χ2v) is 5.04. The zero-order valence-corrected chi connectivity index (χ0v) is 10.4. The van der Waals surface area contributed by atoms with Crippen molar-refractivity contribution in [2.75, 3.05) is 26.2 Å². The Labute approximate surface area is 104 Å². The van der Waals surface area contributed by atoms with E-state index >= 15 is 0 Å². The van der Waals surface area contributed by atoms with E-state index in [-0.39, 0.29) is 0 Å². The summed E-state index contributed by atoms with van der Waals surface area (Å²) in [6.45, 7) is 5.44. The number of thiophene rings is 1. The summed E-state index contributed by atoms with van der Waals surface area (Å²) >= 11 is 1.74. The fraction of sp³-hybridized carbons (Fsp3) is 0.455. The number of rotatable bonds is 3. The number of hydrogen-bond donors (Lipinski definition) is 1. The fourth-order valence-corrected chi connectivity index (χ4v) is 2.95. The topological polar surface area (TPSA) is 46.0 Å². The van der Waals surface area contributed by atoms with E-state index < -0.39 is 0 Å². The van der Waals surface area contributed by atoms with Crippen LogP contribution in [0.5, 0.6) is 0 Å². The molecule has 0 aromatic carbocycles. The normalized spacial score (nSPS) is 17.4. The monoisotopic (exact) mass is 249 g/mol. The SMILES string of the molecule is c1cc(CN2CCNCC2)c(-n2cnnc2)s1. The minimum atomic E-state index is 1.01. The second kappa shape index (κ2) is 4.95. The molecule has 0 radical (unpaired) electrons. The lowest BCUT2D eigenvalue weighted by atomic mass is 10.2. The van der Waals surface area contributed by atoms with Gasteiger partial charge in [-0.2, -0.15) is 0 Å². The number of aromatic nitrogens is 3. The molecule has 3 rings (SSSR count). The van der Waals surface area contributed by atoms with Gasteiger partial charge < -0.3 is 5.32 Å². The van der Waals surface area contributed by atoms with Crippen LogP contribution in [0.4, 0.5) is 0 Å². The van der Waals surface area contributed by atoms with E-state index in [0.29, 0.717) is 0 Å². The Morgan fingerprint density at radius 3 is 2.76 bits per heavy atom. The predicted octanol–water partition coefficient (Wildman–Crippen LogP) is 0.734. The molecule has 2 aromatic heterocycles. The van der Waals surface area contributed by atoms with E-state index in [2.05, 4.69) is 31.9 Å². The van der Waals surface area contributed by atoms with Crippen molar-refractivity contribution in [2.24, 2.45) is 0 Å². The Morgan fingerprint density at radius 2 is 2.00 bits per heavy atom. The third-order valence-corrected chi connectivity index (χ3v) is 3.95. The maximum atomic E-state index is 3.86. The van der Waals surface area contributed by atoms with E-state index in [1.807, 2.05) is 4.57 Å². The minimum absolute atomic E-state index is 1.01. The molecule has 0 unspecified atom stereocenters. The molecule has 0 aliphatic carbocycles. The van der Waals surface area contributed by atoms with E-state index in [1.54, 1.807) is 24.0 Å². The molecule has 90 valence electrons. The van der Waals surface area contributed by atoms with Crippen molar-refractivity contribution in [2.45, 2.75) is 6.54 Å². The maximum absolute atomic E-state index is 3.86. The molecule has 3 heterocycles. The summed E-state index contributed by atoms with van der Waals surface area (Å²) in [5, 5.41) is 14.5. The van der Waals surface area contributed by atoms with Crippen LogP contribution < -0.4 is 5.32 Å². The van der Waals surface area contributed by atoms with Crippen LogP contribution in [0.3, 0.4) is 0 Å². The number of nitrogens with zero attached hydrogens (tertiary/aromatic N) is 4. The van der Waals surface area contributed by atoms with Gasteiger partial charge in [-0.1, -0.05) is 0 Å². The Bertz CT molecular complexity index is 458. The van der Waals surface area contributed by atoms with Crippen LogP contribution in [0.25, 0.3) is 5.00 Å². The van der Waals surface area contributed by atoms with E-state index in [9.17, 15) is 0 Å². The average Bonchev–Trinajstić information content (AvgIpc) is 3.00. The van der Waals surface area contributed by atoms with Crippen LogP contribution in [0.1, 0.15) is 5.56 Å². The van der Waals surface area contributed by atoms with Crippen molar-refractivity contribution < 1.29 is 0 Å². The lowest BCUT2D eigenvalue weighted by Crippen LogP contribution is -2.42. The summed E-state index contributed by atoms with van der Waals surface area (Å²) in [5.74, 6) is 0. The summed E-state index contributed by atoms with van der Waals surface area (Å²) in [4.78, 5) is 2.48. The summed E-state index contributed by atoms with van der Waals surface area (Å²) in [7, 11) is 0. The van der Waals surface area contributed by atoms with Gasteiger partial charge in [0.1, 0.15) is 17.7 Å². The largest absolute Gasteiger partial charge is 0.314 e. The van der Waals surface area contributed by atoms with Gasteiger partial charge in [-0.3, -0.25) is 9.47 Å². The molecule has 2 aromatic rings. The Hall–Kier alpha value is -1.24. The third kappa shape index (κ3) is 2.38. The van der Waals surface area contributed by atoms with Crippen molar-refractivity contribution in [3.63, 3.8) is 0 Å². The Balaban J connectivity index is 1.77. The molecule has 0 spiro atoms. The van der Waals surface area contributed by atoms with Crippen LogP contribution >= 0.6 is 11.3 Å². The summed E-state index contributed by atoms with van der Waals surface area (Å²) < 4.78 is 1.99. The molecule has 1 aliphatic rings. The highest BCUT2D eigenvalue weighted by molar-refractivity contribution is 7.12. The van der Waals surface area contributed by atoms with Gasteiger partial charge in [-0.05, 0) is 11.4 Å². The molecule has 0 saturated carbocycles. The molecule has 0 bridgehead atoms. The molecule has 0 atom stereocenters. The molecular weight excluding hydrogens is 234 g/mol. The maximum Gasteiger partial charge on any atom is 0.124 e. The number of nitrogens with one attached hydrogen (secondary N) is 1. The summed E-state index contributed by atoms with van der Waals surface area (Å²) in [6, 6.07) is 2.20. The van der Waals surface area contributed by atoms with Gasteiger partial charge in [0.05, 0.1) is 0 Å². The molecule has 1 saturated heterocycles. The van der Waals surface area contributed by atoms with E-state index in [1.165, 1.54) is 10.6 Å². The first kappa shape index (κ1) is 10.9. The van der Waals surface area contributed by atoms with Crippen LogP contribution in [0.2, 0.25) is 0 Å². The van der Waals surface area contributed by atoms with Crippen LogP contribution in [0, 0.1) is 0 Å². The highest BCUT2D eigenvalue weighted by Gasteiger charge is 2.13. The van der Waals surface area contributed by atoms with Gasteiger partial charge in [0.25, 0.3) is 0 Å². The standard InChI is InChI=1S/C11H15N5S/c1-6-17-11(16-8-13-14-9-16)10(1)7-15-4-2-12-3-5-15/h1,6,8-9,12H,2-5,7H2. The van der Waals surface area contributed by atoms with E-state index in [4.69, 9.17) is 0 Å². The van der Waals surface area contributed by atoms with Gasteiger partial charge in [0.2, 0.25) is 0 Å². The summed E-state index contributed by atoms with van der Waals surface area (Å²) in [6.07, 6.45) is 3.51. The molecule has 6 heteroatoms. The lowest BCUT2D eigenvalue weighted by Gasteiger charge is -2.27. The van der Waals surface area contributed by atoms with Gasteiger partial charge in [0.15, 0.2) is 0 Å². The second-order valence-electron chi connectivity index (χ2n) is 4.15. The summed E-state index contributed by atoms with van der Waals surface area (Å²) in [5.41, 5.74) is 1.36. The van der Waals surface area contributed by atoms with Crippen LogP contribution in [0.15, 0.2) is 24.1 Å². The molecule has 5 nitrogen and oxygen atoms in total. The van der Waals surface area contributed by atoms with Gasteiger partial charge in [-0.15, -0.1) is 21.5 Å². The van der Waals surface area contributed by atoms with Gasteiger partial charge in [0, 0.05) is 38.3 Å². The molecular formula is C11H15N5S. The average molecular weight is 249 g/mol. The lowest BCUT2D eigenvalue weighted by molar-refractivity contribution is 0.233. The Morgan fingerprint density at radius 1 is 1.24 bits per heavy atom. The highest BCUT2D eigenvalue weighted by atomic mass is 32.1. The Kier molecular flexibility index (Phi) is 3.17. The van der Waals surface area contributed by atoms with Crippen LogP contribution in [-0.4, -0.2) is 45.8 Å². The zero-order chi connectivity index (χ0) is 11.5. The molecule has 0 amide bonds. The van der Waals surface area contributed by atoms with E-state index in [0.717, 1.165) is 32.7 Å². The van der Waals surface area contributed by atoms with Crippen molar-refractivity contribution in [3.05, 3.63) is 29.7 Å². The third-order valence-electron chi connectivity index (χ3n) is 2.98. The van der Waals surface area contributed by atoms with Gasteiger partial charge in [-0.25, -0.2) is 0 Å². The van der Waals surface area contributed by atoms with Crippen molar-refractivity contribution >= 4 is 11.3 Å². The van der Waals surface area contributed by atoms with Crippen molar-refractivity contribution in [1.82, 2.24) is 25.0 Å². The minimum Gasteiger partial charge on any atom is -0.314 e. The van der Waals surface area contributed by atoms with Crippen LogP contribution in [-0.2, 0) is 6.54 Å². The smallest absolute Gasteiger partial charge is 0.124 e. The quantitative estimate of drug-likeness (QED) is 0.871. The zero-order valence-electron chi connectivity index (χ0n) is 9.54. The fourth-order valence-electron chi connectivity index (χ4n) is 2.09. The highest BCUT2D eigenvalue weighted by Crippen LogP contribution is 2.22. The molecule has 17 heavy (non-hydrogen) atoms. The first-order valence-electron chi connectivity index (χ1n) is 5.78. The molecule has 1 fully saturated rings. The predicted molar refractivity (Wildman–Crippen MR) is 67.4 cm³/mol. The first-order chi connectivity index (χ1) is 8.43. The molecule has 1 N–H and O–H groups in total. The number of hydrogen-bond acceptors (Lipinski definition) is 5. The molecule has 1 aliphatic heterocycles. The van der Waals surface area contributed by atoms with Gasteiger partial charge >= 0.3 is 0 Å². The first-order valence-corrected chi connectivity index (χ1v) is 6.66. The van der Waals surface area contributed by atoms with Crippen molar-refractivity contribution in [3.8, 4) is 5.00 Å².